The Morgan fingerprint density at radius 3 is 2.53 bits per heavy atom. The first-order valence-electron chi connectivity index (χ1n) is 5.26. The Bertz CT molecular complexity index is 596. The van der Waals surface area contributed by atoms with Crippen molar-refractivity contribution in [3.63, 3.8) is 0 Å². The Morgan fingerprint density at radius 1 is 1.37 bits per heavy atom. The molecular weight excluding hydrogens is 274 g/mol. The molecule has 0 aliphatic carbocycles. The minimum Gasteiger partial charge on any atom is -0.497 e. The van der Waals surface area contributed by atoms with Crippen LogP contribution < -0.4 is 10.5 Å². The zero-order chi connectivity index (χ0) is 14.0. The van der Waals surface area contributed by atoms with Gasteiger partial charge in [0.05, 0.1) is 7.11 Å². The largest absolute Gasteiger partial charge is 0.497 e. The molecule has 4 nitrogen and oxygen atoms in total. The van der Waals surface area contributed by atoms with Crippen molar-refractivity contribution in [3.05, 3.63) is 40.4 Å². The maximum atomic E-state index is 12.8. The topological polar surface area (TPSA) is 65.2 Å². The molecule has 0 amide bonds. The number of hydrogen-bond acceptors (Lipinski definition) is 5. The molecule has 7 heteroatoms. The van der Waals surface area contributed by atoms with Gasteiger partial charge < -0.3 is 10.5 Å². The van der Waals surface area contributed by atoms with E-state index in [4.69, 9.17) is 10.5 Å². The third kappa shape index (κ3) is 2.70. The molecule has 0 radical (unpaired) electrons. The van der Waals surface area contributed by atoms with E-state index < -0.39 is 17.9 Å². The second-order valence-corrected chi connectivity index (χ2v) is 4.66. The van der Waals surface area contributed by atoms with Crippen LogP contribution in [0, 0.1) is 0 Å². The number of carbonyl (C=O) groups is 1. The minimum absolute atomic E-state index is 0.0489. The summed E-state index contributed by atoms with van der Waals surface area (Å²) in [5, 5.41) is -0.0489. The maximum Gasteiger partial charge on any atom is 0.282 e. The summed E-state index contributed by atoms with van der Waals surface area (Å²) in [7, 11) is 1.50. The molecule has 1 aromatic carbocycles. The predicted octanol–water partition coefficient (Wildman–Crippen LogP) is 2.90. The molecule has 0 aliphatic heterocycles. The number of hydrogen-bond donors (Lipinski definition) is 1. The van der Waals surface area contributed by atoms with E-state index in [0.29, 0.717) is 5.75 Å². The van der Waals surface area contributed by atoms with E-state index in [1.807, 2.05) is 0 Å². The lowest BCUT2D eigenvalue weighted by molar-refractivity contribution is 0.102. The van der Waals surface area contributed by atoms with Crippen molar-refractivity contribution in [2.24, 2.45) is 0 Å². The van der Waals surface area contributed by atoms with Gasteiger partial charge in [0, 0.05) is 5.56 Å². The van der Waals surface area contributed by atoms with E-state index in [-0.39, 0.29) is 15.6 Å². The molecule has 100 valence electrons. The van der Waals surface area contributed by atoms with Crippen LogP contribution in [0.2, 0.25) is 0 Å². The molecular formula is C12H10F2N2O2S. The summed E-state index contributed by atoms with van der Waals surface area (Å²) < 4.78 is 30.5. The summed E-state index contributed by atoms with van der Waals surface area (Å²) >= 11 is 0.761. The van der Waals surface area contributed by atoms with Crippen molar-refractivity contribution in [2.45, 2.75) is 6.43 Å². The summed E-state index contributed by atoms with van der Waals surface area (Å²) in [6.45, 7) is 0. The van der Waals surface area contributed by atoms with Crippen LogP contribution in [-0.4, -0.2) is 17.9 Å². The second kappa shape index (κ2) is 5.31. The number of nitrogen functional groups attached to an aromatic ring is 1. The van der Waals surface area contributed by atoms with Crippen molar-refractivity contribution in [1.82, 2.24) is 4.98 Å². The number of ether oxygens (including phenoxy) is 1. The van der Waals surface area contributed by atoms with Crippen LogP contribution in [0.3, 0.4) is 0 Å². The van der Waals surface area contributed by atoms with E-state index in [2.05, 4.69) is 4.98 Å². The first-order chi connectivity index (χ1) is 9.02. The Hall–Kier alpha value is -2.02. The highest BCUT2D eigenvalue weighted by Gasteiger charge is 2.24. The molecule has 0 spiro atoms. The molecule has 0 aliphatic rings. The summed E-state index contributed by atoms with van der Waals surface area (Å²) in [5.74, 6) is 0.0570. The lowest BCUT2D eigenvalue weighted by Gasteiger charge is -2.03. The number of carbonyl (C=O) groups excluding carboxylic acids is 1. The fraction of sp³-hybridized carbons (Fsp3) is 0.167. The number of ketones is 1. The monoisotopic (exact) mass is 284 g/mol. The zero-order valence-corrected chi connectivity index (χ0v) is 10.7. The molecule has 2 aromatic rings. The summed E-state index contributed by atoms with van der Waals surface area (Å²) in [5.41, 5.74) is 5.10. The number of rotatable bonds is 4. The number of nitrogens with zero attached hydrogens (tertiary/aromatic N) is 1. The third-order valence-electron chi connectivity index (χ3n) is 2.44. The second-order valence-electron chi connectivity index (χ2n) is 3.62. The fourth-order valence-electron chi connectivity index (χ4n) is 1.53. The Morgan fingerprint density at radius 2 is 2.00 bits per heavy atom. The molecule has 1 aromatic heterocycles. The molecule has 0 saturated carbocycles. The van der Waals surface area contributed by atoms with Gasteiger partial charge in [-0.1, -0.05) is 11.3 Å². The molecule has 2 N–H and O–H groups in total. The highest BCUT2D eigenvalue weighted by Crippen LogP contribution is 2.30. The molecule has 0 saturated heterocycles. The van der Waals surface area contributed by atoms with Crippen LogP contribution in [0.25, 0.3) is 0 Å². The van der Waals surface area contributed by atoms with E-state index in [1.54, 1.807) is 12.1 Å². The Kier molecular flexibility index (Phi) is 3.75. The van der Waals surface area contributed by atoms with Gasteiger partial charge in [-0.15, -0.1) is 0 Å². The third-order valence-corrected chi connectivity index (χ3v) is 3.33. The van der Waals surface area contributed by atoms with Gasteiger partial charge in [-0.25, -0.2) is 13.8 Å². The summed E-state index contributed by atoms with van der Waals surface area (Å²) in [6.07, 6.45) is -2.83. The van der Waals surface area contributed by atoms with E-state index in [9.17, 15) is 13.6 Å². The van der Waals surface area contributed by atoms with Crippen LogP contribution in [0.5, 0.6) is 5.75 Å². The van der Waals surface area contributed by atoms with Crippen LogP contribution in [0.15, 0.2) is 24.3 Å². The van der Waals surface area contributed by atoms with Crippen molar-refractivity contribution in [2.75, 3.05) is 12.8 Å². The number of alkyl halides is 2. The van der Waals surface area contributed by atoms with Crippen LogP contribution in [-0.2, 0) is 0 Å². The van der Waals surface area contributed by atoms with Gasteiger partial charge in [0.2, 0.25) is 5.78 Å². The van der Waals surface area contributed by atoms with Crippen molar-refractivity contribution < 1.29 is 18.3 Å². The molecule has 1 heterocycles. The van der Waals surface area contributed by atoms with Crippen molar-refractivity contribution in [3.8, 4) is 5.75 Å². The number of thiazole rings is 1. The SMILES string of the molecule is COc1ccc(C(=O)c2sc(N)nc2C(F)F)cc1. The van der Waals surface area contributed by atoms with E-state index in [0.717, 1.165) is 11.3 Å². The molecule has 0 atom stereocenters. The lowest BCUT2D eigenvalue weighted by atomic mass is 10.1. The Balaban J connectivity index is 2.37. The van der Waals surface area contributed by atoms with Gasteiger partial charge in [-0.05, 0) is 24.3 Å². The molecule has 19 heavy (non-hydrogen) atoms. The number of anilines is 1. The Labute approximate surface area is 111 Å². The molecule has 2 rings (SSSR count). The molecule has 0 fully saturated rings. The first-order valence-corrected chi connectivity index (χ1v) is 6.07. The van der Waals surface area contributed by atoms with Crippen LogP contribution >= 0.6 is 11.3 Å². The number of halogens is 2. The number of aromatic nitrogens is 1. The standard InChI is InChI=1S/C12H10F2N2O2S/c1-18-7-4-2-6(3-5-7)9(17)10-8(11(13)14)16-12(15)19-10/h2-5,11H,1H3,(H2,15,16). The number of methoxy groups -OCH3 is 1. The summed E-state index contributed by atoms with van der Waals surface area (Å²) in [4.78, 5) is 15.5. The van der Waals surface area contributed by atoms with Gasteiger partial charge in [-0.3, -0.25) is 4.79 Å². The van der Waals surface area contributed by atoms with E-state index >= 15 is 0 Å². The van der Waals surface area contributed by atoms with Gasteiger partial charge in [-0.2, -0.15) is 0 Å². The van der Waals surface area contributed by atoms with Gasteiger partial charge in [0.1, 0.15) is 16.3 Å². The van der Waals surface area contributed by atoms with Crippen molar-refractivity contribution in [1.29, 1.82) is 0 Å². The highest BCUT2D eigenvalue weighted by molar-refractivity contribution is 7.17. The lowest BCUT2D eigenvalue weighted by Crippen LogP contribution is -2.03. The molecule has 0 bridgehead atoms. The summed E-state index contributed by atoms with van der Waals surface area (Å²) in [6, 6.07) is 6.18. The minimum atomic E-state index is -2.83. The average molecular weight is 284 g/mol. The van der Waals surface area contributed by atoms with Crippen LogP contribution in [0.4, 0.5) is 13.9 Å². The van der Waals surface area contributed by atoms with Gasteiger partial charge in [0.25, 0.3) is 6.43 Å². The predicted molar refractivity (Wildman–Crippen MR) is 67.9 cm³/mol. The normalized spacial score (nSPS) is 10.7. The van der Waals surface area contributed by atoms with Crippen LogP contribution in [0.1, 0.15) is 27.4 Å². The number of benzene rings is 1. The average Bonchev–Trinajstić information content (AvgIpc) is 2.80. The quantitative estimate of drug-likeness (QED) is 0.877. The van der Waals surface area contributed by atoms with E-state index in [1.165, 1.54) is 19.2 Å². The first kappa shape index (κ1) is 13.4. The fourth-order valence-corrected chi connectivity index (χ4v) is 2.34. The van der Waals surface area contributed by atoms with Gasteiger partial charge in [0.15, 0.2) is 5.13 Å². The highest BCUT2D eigenvalue weighted by atomic mass is 32.1. The van der Waals surface area contributed by atoms with Crippen molar-refractivity contribution >= 4 is 22.3 Å². The molecule has 0 unspecified atom stereocenters. The smallest absolute Gasteiger partial charge is 0.282 e. The zero-order valence-electron chi connectivity index (χ0n) is 9.89. The number of nitrogens with two attached hydrogens (primary N) is 1. The van der Waals surface area contributed by atoms with Gasteiger partial charge >= 0.3 is 0 Å². The maximum absolute atomic E-state index is 12.8.